The molecule has 41 heavy (non-hydrogen) atoms. The minimum absolute atomic E-state index is 0.0722. The monoisotopic (exact) mass is 580 g/mol. The molecule has 2 aromatic heterocycles. The number of aryl methyl sites for hydroxylation is 1. The molecular weight excluding hydrogens is 555 g/mol. The van der Waals surface area contributed by atoms with Gasteiger partial charge in [-0.2, -0.15) is 9.90 Å². The highest BCUT2D eigenvalue weighted by molar-refractivity contribution is 6.33. The molecule has 1 aliphatic heterocycles. The summed E-state index contributed by atoms with van der Waals surface area (Å²) in [5.41, 5.74) is 2.18. The highest BCUT2D eigenvalue weighted by atomic mass is 35.5. The minimum atomic E-state index is -1.03. The van der Waals surface area contributed by atoms with Gasteiger partial charge in [-0.05, 0) is 36.8 Å². The molecule has 12 nitrogen and oxygen atoms in total. The van der Waals surface area contributed by atoms with E-state index in [1.165, 1.54) is 47.4 Å². The van der Waals surface area contributed by atoms with E-state index < -0.39 is 30.4 Å². The third kappa shape index (κ3) is 5.67. The van der Waals surface area contributed by atoms with Crippen molar-refractivity contribution in [2.24, 2.45) is 7.05 Å². The van der Waals surface area contributed by atoms with Crippen LogP contribution in [0.3, 0.4) is 0 Å². The van der Waals surface area contributed by atoms with Gasteiger partial charge in [0.05, 0.1) is 42.9 Å². The Morgan fingerprint density at radius 2 is 2.05 bits per heavy atom. The van der Waals surface area contributed by atoms with Crippen LogP contribution in [-0.4, -0.2) is 66.5 Å². The molecule has 0 radical (unpaired) electrons. The van der Waals surface area contributed by atoms with Crippen LogP contribution in [0, 0.1) is 5.82 Å². The van der Waals surface area contributed by atoms with Crippen molar-refractivity contribution in [1.82, 2.24) is 35.2 Å². The average Bonchev–Trinajstić information content (AvgIpc) is 3.54. The van der Waals surface area contributed by atoms with Crippen LogP contribution in [0.5, 0.6) is 5.75 Å². The highest BCUT2D eigenvalue weighted by Crippen LogP contribution is 2.33. The van der Waals surface area contributed by atoms with E-state index in [2.05, 4.69) is 30.8 Å². The number of aliphatic hydroxyl groups excluding tert-OH is 1. The minimum Gasteiger partial charge on any atom is -0.497 e. The zero-order valence-electron chi connectivity index (χ0n) is 22.3. The number of aromatic nitrogens is 5. The van der Waals surface area contributed by atoms with Crippen LogP contribution in [0.15, 0.2) is 48.8 Å². The first-order valence-electron chi connectivity index (χ1n) is 12.5. The molecule has 0 spiro atoms. The Kier molecular flexibility index (Phi) is 7.81. The van der Waals surface area contributed by atoms with Crippen molar-refractivity contribution in [2.45, 2.75) is 25.6 Å². The molecule has 2 unspecified atom stereocenters. The number of methoxy groups -OCH3 is 1. The molecule has 0 bridgehead atoms. The molecular formula is C27H26ClFN8O4. The molecule has 0 saturated carbocycles. The molecule has 5 rings (SSSR count). The molecule has 3 N–H and O–H groups in total. The lowest BCUT2D eigenvalue weighted by atomic mass is 10.0. The Hall–Kier alpha value is -4.62. The van der Waals surface area contributed by atoms with Crippen LogP contribution in [-0.2, 0) is 18.4 Å². The van der Waals surface area contributed by atoms with Crippen molar-refractivity contribution < 1.29 is 23.8 Å². The van der Waals surface area contributed by atoms with E-state index in [0.717, 1.165) is 5.56 Å². The first-order valence-corrected chi connectivity index (χ1v) is 12.9. The maximum absolute atomic E-state index is 14.5. The summed E-state index contributed by atoms with van der Waals surface area (Å²) in [5, 5.41) is 23.9. The van der Waals surface area contributed by atoms with Gasteiger partial charge in [0.25, 0.3) is 5.91 Å². The van der Waals surface area contributed by atoms with Gasteiger partial charge >= 0.3 is 0 Å². The number of hydrogen-bond acceptors (Lipinski definition) is 9. The van der Waals surface area contributed by atoms with Crippen LogP contribution < -0.4 is 15.4 Å². The Bertz CT molecular complexity index is 1630. The van der Waals surface area contributed by atoms with E-state index in [4.69, 9.17) is 16.3 Å². The SMILES string of the molecule is COc1ccc(F)c(C(CO)NC(=O)C(C)N2Cc3ccc(-c4nc(Nc5cnn(C)n5)ncc4Cl)cc3C2=O)c1. The van der Waals surface area contributed by atoms with Gasteiger partial charge < -0.3 is 25.4 Å². The number of fused-ring (bicyclic) bond motifs is 1. The largest absolute Gasteiger partial charge is 0.497 e. The lowest BCUT2D eigenvalue weighted by Crippen LogP contribution is -2.46. The maximum Gasteiger partial charge on any atom is 0.255 e. The predicted octanol–water partition coefficient (Wildman–Crippen LogP) is 3.01. The summed E-state index contributed by atoms with van der Waals surface area (Å²) in [7, 11) is 3.11. The molecule has 0 aliphatic carbocycles. The molecule has 2 amide bonds. The average molecular weight is 581 g/mol. The van der Waals surface area contributed by atoms with Gasteiger partial charge in [0.15, 0.2) is 5.82 Å². The number of halogens is 2. The fourth-order valence-corrected chi connectivity index (χ4v) is 4.70. The topological polar surface area (TPSA) is 147 Å². The third-order valence-electron chi connectivity index (χ3n) is 6.72. The van der Waals surface area contributed by atoms with Gasteiger partial charge in [-0.3, -0.25) is 9.59 Å². The van der Waals surface area contributed by atoms with Crippen LogP contribution in [0.1, 0.15) is 34.5 Å². The van der Waals surface area contributed by atoms with Gasteiger partial charge in [0.1, 0.15) is 17.6 Å². The molecule has 1 aliphatic rings. The van der Waals surface area contributed by atoms with Crippen molar-refractivity contribution in [1.29, 1.82) is 0 Å². The second kappa shape index (κ2) is 11.5. The van der Waals surface area contributed by atoms with E-state index in [0.29, 0.717) is 28.4 Å². The number of nitrogens with one attached hydrogen (secondary N) is 2. The molecule has 2 aromatic carbocycles. The summed E-state index contributed by atoms with van der Waals surface area (Å²) in [4.78, 5) is 38.0. The molecule has 3 heterocycles. The van der Waals surface area contributed by atoms with E-state index in [-0.39, 0.29) is 29.0 Å². The molecule has 0 fully saturated rings. The van der Waals surface area contributed by atoms with Crippen LogP contribution in [0.25, 0.3) is 11.3 Å². The van der Waals surface area contributed by atoms with Gasteiger partial charge in [-0.1, -0.05) is 23.7 Å². The number of anilines is 2. The quantitative estimate of drug-likeness (QED) is 0.272. The van der Waals surface area contributed by atoms with Gasteiger partial charge in [0, 0.05) is 30.3 Å². The van der Waals surface area contributed by atoms with Crippen molar-refractivity contribution in [3.05, 3.63) is 76.3 Å². The molecule has 212 valence electrons. The highest BCUT2D eigenvalue weighted by Gasteiger charge is 2.35. The third-order valence-corrected chi connectivity index (χ3v) is 7.00. The van der Waals surface area contributed by atoms with Crippen LogP contribution in [0.4, 0.5) is 16.2 Å². The van der Waals surface area contributed by atoms with Crippen LogP contribution in [0.2, 0.25) is 5.02 Å². The molecule has 14 heteroatoms. The molecule has 2 atom stereocenters. The summed E-state index contributed by atoms with van der Waals surface area (Å²) >= 11 is 6.40. The van der Waals surface area contributed by atoms with E-state index >= 15 is 0 Å². The molecule has 0 saturated heterocycles. The zero-order chi connectivity index (χ0) is 29.3. The number of hydrogen-bond donors (Lipinski definition) is 3. The number of carbonyl (C=O) groups excluding carboxylic acids is 2. The fourth-order valence-electron chi connectivity index (χ4n) is 4.50. The number of nitrogens with zero attached hydrogens (tertiary/aromatic N) is 6. The zero-order valence-corrected chi connectivity index (χ0v) is 23.1. The Labute approximate surface area is 239 Å². The number of benzene rings is 2. The summed E-state index contributed by atoms with van der Waals surface area (Å²) in [5.74, 6) is -0.441. The number of aliphatic hydroxyl groups is 1. The van der Waals surface area contributed by atoms with Crippen molar-refractivity contribution in [3.63, 3.8) is 0 Å². The smallest absolute Gasteiger partial charge is 0.255 e. The Morgan fingerprint density at radius 1 is 1.24 bits per heavy atom. The fraction of sp³-hybridized carbons (Fsp3) is 0.259. The lowest BCUT2D eigenvalue weighted by molar-refractivity contribution is -0.126. The first-order chi connectivity index (χ1) is 19.7. The maximum atomic E-state index is 14.5. The van der Waals surface area contributed by atoms with Gasteiger partial charge in [0.2, 0.25) is 11.9 Å². The van der Waals surface area contributed by atoms with Gasteiger partial charge in [-0.25, -0.2) is 14.4 Å². The lowest BCUT2D eigenvalue weighted by Gasteiger charge is -2.26. The molecule has 4 aromatic rings. The van der Waals surface area contributed by atoms with Crippen molar-refractivity contribution in [3.8, 4) is 17.0 Å². The van der Waals surface area contributed by atoms with Crippen molar-refractivity contribution in [2.75, 3.05) is 19.0 Å². The van der Waals surface area contributed by atoms with Gasteiger partial charge in [-0.15, -0.1) is 5.10 Å². The van der Waals surface area contributed by atoms with E-state index in [1.807, 2.05) is 0 Å². The van der Waals surface area contributed by atoms with E-state index in [9.17, 15) is 19.1 Å². The first kappa shape index (κ1) is 27.9. The number of rotatable bonds is 9. The summed E-state index contributed by atoms with van der Waals surface area (Å²) < 4.78 is 19.6. The Balaban J connectivity index is 1.33. The summed E-state index contributed by atoms with van der Waals surface area (Å²) in [6.07, 6.45) is 2.96. The number of amides is 2. The van der Waals surface area contributed by atoms with E-state index in [1.54, 1.807) is 32.2 Å². The van der Waals surface area contributed by atoms with Crippen LogP contribution >= 0.6 is 11.6 Å². The summed E-state index contributed by atoms with van der Waals surface area (Å²) in [6.45, 7) is 1.22. The number of ether oxygens (including phenoxy) is 1. The van der Waals surface area contributed by atoms with Crippen molar-refractivity contribution >= 4 is 35.2 Å². The summed E-state index contributed by atoms with van der Waals surface area (Å²) in [6, 6.07) is 7.34. The number of carbonyl (C=O) groups is 2. The second-order valence-corrected chi connectivity index (χ2v) is 9.75. The second-order valence-electron chi connectivity index (χ2n) is 9.35. The standard InChI is InChI=1S/C27H26ClFN8O4/c1-14(25(39)32-22(13-38)19-9-17(41-3)6-7-21(19)29)37-12-16-5-4-15(8-18(16)26(37)40)24-20(28)10-30-27(34-24)33-23-11-31-36(2)35-23/h4-11,14,22,38H,12-13H2,1-3H3,(H,32,39)(H,30,33,34,35). The Morgan fingerprint density at radius 3 is 2.76 bits per heavy atom. The predicted molar refractivity (Wildman–Crippen MR) is 147 cm³/mol. The normalized spacial score (nSPS) is 14.0.